The molecule has 0 aliphatic rings. The van der Waals surface area contributed by atoms with Gasteiger partial charge >= 0.3 is 0 Å². The molecular weight excluding hydrogens is 280 g/mol. The van der Waals surface area contributed by atoms with Crippen molar-refractivity contribution in [2.24, 2.45) is 0 Å². The van der Waals surface area contributed by atoms with Crippen LogP contribution in [0.25, 0.3) is 0 Å². The first-order chi connectivity index (χ1) is 9.63. The smallest absolute Gasteiger partial charge is 0.236 e. The maximum atomic E-state index is 11.7. The second-order valence-corrected chi connectivity index (χ2v) is 4.72. The molecule has 1 aromatic rings. The molecule has 0 aromatic heterocycles. The van der Waals surface area contributed by atoms with E-state index in [1.165, 1.54) is 0 Å². The number of carbonyl (C=O) groups is 1. The molecule has 0 radical (unpaired) electrons. The number of ether oxygens (including phenoxy) is 2. The molecule has 0 saturated carbocycles. The van der Waals surface area contributed by atoms with E-state index >= 15 is 0 Å². The van der Waals surface area contributed by atoms with E-state index in [1.807, 2.05) is 0 Å². The summed E-state index contributed by atoms with van der Waals surface area (Å²) in [4.78, 5) is 13.4. The van der Waals surface area contributed by atoms with Gasteiger partial charge in [0.1, 0.15) is 12.4 Å². The molecule has 1 N–H and O–H groups in total. The van der Waals surface area contributed by atoms with E-state index in [1.54, 1.807) is 43.3 Å². The summed E-state index contributed by atoms with van der Waals surface area (Å²) in [5, 5.41) is 3.68. The third-order valence-electron chi connectivity index (χ3n) is 2.69. The van der Waals surface area contributed by atoms with E-state index in [0.29, 0.717) is 37.9 Å². The molecule has 20 heavy (non-hydrogen) atoms. The fourth-order valence-electron chi connectivity index (χ4n) is 1.46. The zero-order valence-electron chi connectivity index (χ0n) is 11.9. The maximum Gasteiger partial charge on any atom is 0.236 e. The molecule has 1 aromatic carbocycles. The summed E-state index contributed by atoms with van der Waals surface area (Å²) >= 11 is 5.78. The molecule has 0 unspecified atom stereocenters. The molecule has 0 saturated heterocycles. The van der Waals surface area contributed by atoms with Crippen molar-refractivity contribution in [2.75, 3.05) is 47.0 Å². The van der Waals surface area contributed by atoms with Crippen molar-refractivity contribution in [1.29, 1.82) is 0 Å². The van der Waals surface area contributed by atoms with E-state index in [2.05, 4.69) is 5.32 Å². The van der Waals surface area contributed by atoms with Crippen LogP contribution < -0.4 is 10.1 Å². The standard InChI is InChI=1S/C14H21ClN2O3/c1-17(14(18)11-16-7-9-19-2)8-10-20-13-5-3-12(15)4-6-13/h3-6,16H,7-11H2,1-2H3. The van der Waals surface area contributed by atoms with Crippen molar-refractivity contribution < 1.29 is 14.3 Å². The Bertz CT molecular complexity index is 398. The molecule has 1 amide bonds. The van der Waals surface area contributed by atoms with E-state index < -0.39 is 0 Å². The lowest BCUT2D eigenvalue weighted by Gasteiger charge is -2.17. The van der Waals surface area contributed by atoms with Gasteiger partial charge in [-0.05, 0) is 24.3 Å². The lowest BCUT2D eigenvalue weighted by molar-refractivity contribution is -0.129. The van der Waals surface area contributed by atoms with Crippen LogP contribution in [-0.4, -0.2) is 57.8 Å². The second-order valence-electron chi connectivity index (χ2n) is 4.29. The number of methoxy groups -OCH3 is 1. The lowest BCUT2D eigenvalue weighted by Crippen LogP contribution is -2.38. The Hall–Kier alpha value is -1.30. The third-order valence-corrected chi connectivity index (χ3v) is 2.95. The van der Waals surface area contributed by atoms with Gasteiger partial charge in [-0.3, -0.25) is 4.79 Å². The van der Waals surface area contributed by atoms with Crippen molar-refractivity contribution >= 4 is 17.5 Å². The summed E-state index contributed by atoms with van der Waals surface area (Å²) in [6.45, 7) is 2.55. The van der Waals surface area contributed by atoms with Crippen molar-refractivity contribution in [1.82, 2.24) is 10.2 Å². The SMILES string of the molecule is COCCNCC(=O)N(C)CCOc1ccc(Cl)cc1. The largest absolute Gasteiger partial charge is 0.492 e. The van der Waals surface area contributed by atoms with Gasteiger partial charge in [-0.15, -0.1) is 0 Å². The van der Waals surface area contributed by atoms with E-state index in [-0.39, 0.29) is 5.91 Å². The Morgan fingerprint density at radius 1 is 1.30 bits per heavy atom. The number of nitrogens with one attached hydrogen (secondary N) is 1. The molecular formula is C14H21ClN2O3. The zero-order valence-corrected chi connectivity index (χ0v) is 12.7. The highest BCUT2D eigenvalue weighted by Crippen LogP contribution is 2.15. The maximum absolute atomic E-state index is 11.7. The number of rotatable bonds is 9. The van der Waals surface area contributed by atoms with Gasteiger partial charge in [0.15, 0.2) is 0 Å². The molecule has 6 heteroatoms. The summed E-state index contributed by atoms with van der Waals surface area (Å²) in [6.07, 6.45) is 0. The van der Waals surface area contributed by atoms with Gasteiger partial charge in [0.05, 0.1) is 19.7 Å². The van der Waals surface area contributed by atoms with Crippen molar-refractivity contribution in [3.8, 4) is 5.75 Å². The average Bonchev–Trinajstić information content (AvgIpc) is 2.45. The predicted molar refractivity (Wildman–Crippen MR) is 79.3 cm³/mol. The highest BCUT2D eigenvalue weighted by molar-refractivity contribution is 6.30. The molecule has 0 fully saturated rings. The quantitative estimate of drug-likeness (QED) is 0.701. The molecule has 0 aliphatic heterocycles. The molecule has 0 aliphatic carbocycles. The fraction of sp³-hybridized carbons (Fsp3) is 0.500. The van der Waals surface area contributed by atoms with Gasteiger partial charge in [0, 0.05) is 25.7 Å². The minimum absolute atomic E-state index is 0.0285. The Morgan fingerprint density at radius 3 is 2.65 bits per heavy atom. The highest BCUT2D eigenvalue weighted by atomic mass is 35.5. The van der Waals surface area contributed by atoms with E-state index in [4.69, 9.17) is 21.1 Å². The minimum atomic E-state index is 0.0285. The van der Waals surface area contributed by atoms with Gasteiger partial charge in [0.25, 0.3) is 0 Å². The summed E-state index contributed by atoms with van der Waals surface area (Å²) < 4.78 is 10.4. The van der Waals surface area contributed by atoms with E-state index in [0.717, 1.165) is 5.75 Å². The normalized spacial score (nSPS) is 10.3. The van der Waals surface area contributed by atoms with Crippen molar-refractivity contribution in [3.63, 3.8) is 0 Å². The van der Waals surface area contributed by atoms with Crippen LogP contribution in [-0.2, 0) is 9.53 Å². The highest BCUT2D eigenvalue weighted by Gasteiger charge is 2.07. The topological polar surface area (TPSA) is 50.8 Å². The monoisotopic (exact) mass is 300 g/mol. The third kappa shape index (κ3) is 6.75. The van der Waals surface area contributed by atoms with E-state index in [9.17, 15) is 4.79 Å². The van der Waals surface area contributed by atoms with Gasteiger partial charge in [0.2, 0.25) is 5.91 Å². The van der Waals surface area contributed by atoms with Crippen molar-refractivity contribution in [3.05, 3.63) is 29.3 Å². The first-order valence-corrected chi connectivity index (χ1v) is 6.83. The zero-order chi connectivity index (χ0) is 14.8. The number of carbonyl (C=O) groups excluding carboxylic acids is 1. The van der Waals surface area contributed by atoms with Crippen LogP contribution in [0, 0.1) is 0 Å². The predicted octanol–water partition coefficient (Wildman–Crippen LogP) is 1.41. The van der Waals surface area contributed by atoms with Crippen LogP contribution in [0.5, 0.6) is 5.75 Å². The minimum Gasteiger partial charge on any atom is -0.492 e. The summed E-state index contributed by atoms with van der Waals surface area (Å²) in [5.41, 5.74) is 0. The first kappa shape index (κ1) is 16.8. The fourth-order valence-corrected chi connectivity index (χ4v) is 1.59. The molecule has 0 spiro atoms. The van der Waals surface area contributed by atoms with Crippen molar-refractivity contribution in [2.45, 2.75) is 0 Å². The van der Waals surface area contributed by atoms with Crippen LogP contribution >= 0.6 is 11.6 Å². The Labute approximate surface area is 124 Å². The van der Waals surface area contributed by atoms with Crippen LogP contribution in [0.2, 0.25) is 5.02 Å². The van der Waals surface area contributed by atoms with Gasteiger partial charge < -0.3 is 19.7 Å². The van der Waals surface area contributed by atoms with Crippen LogP contribution in [0.3, 0.4) is 0 Å². The number of amides is 1. The molecule has 0 atom stereocenters. The van der Waals surface area contributed by atoms with Gasteiger partial charge in [-0.25, -0.2) is 0 Å². The molecule has 112 valence electrons. The van der Waals surface area contributed by atoms with Crippen LogP contribution in [0.4, 0.5) is 0 Å². The number of nitrogens with zero attached hydrogens (tertiary/aromatic N) is 1. The second kappa shape index (κ2) is 9.58. The van der Waals surface area contributed by atoms with Gasteiger partial charge in [-0.2, -0.15) is 0 Å². The number of benzene rings is 1. The molecule has 1 rings (SSSR count). The van der Waals surface area contributed by atoms with Gasteiger partial charge in [-0.1, -0.05) is 11.6 Å². The number of halogens is 1. The van der Waals surface area contributed by atoms with Crippen LogP contribution in [0.15, 0.2) is 24.3 Å². The lowest BCUT2D eigenvalue weighted by atomic mass is 10.3. The number of hydrogen-bond acceptors (Lipinski definition) is 4. The Morgan fingerprint density at radius 2 is 2.00 bits per heavy atom. The Kier molecular flexibility index (Phi) is 8.02. The van der Waals surface area contributed by atoms with Crippen LogP contribution in [0.1, 0.15) is 0 Å². The summed E-state index contributed by atoms with van der Waals surface area (Å²) in [7, 11) is 3.38. The summed E-state index contributed by atoms with van der Waals surface area (Å²) in [6, 6.07) is 7.14. The Balaban J connectivity index is 2.17. The molecule has 0 bridgehead atoms. The molecule has 5 nitrogen and oxygen atoms in total. The first-order valence-electron chi connectivity index (χ1n) is 6.45. The number of hydrogen-bond donors (Lipinski definition) is 1. The summed E-state index contributed by atoms with van der Waals surface area (Å²) in [5.74, 6) is 0.772. The average molecular weight is 301 g/mol. The number of likely N-dealkylation sites (N-methyl/N-ethyl adjacent to an activating group) is 1. The molecule has 0 heterocycles.